The largest absolute Gasteiger partial charge is 0.481 e. The van der Waals surface area contributed by atoms with Crippen LogP contribution in [0.5, 0.6) is 0 Å². The van der Waals surface area contributed by atoms with Crippen molar-refractivity contribution < 1.29 is 29.0 Å². The van der Waals surface area contributed by atoms with E-state index in [9.17, 15) is 19.5 Å². The molecule has 144 valence electrons. The summed E-state index contributed by atoms with van der Waals surface area (Å²) >= 11 is 9.35. The highest BCUT2D eigenvalue weighted by Crippen LogP contribution is 2.35. The van der Waals surface area contributed by atoms with Gasteiger partial charge in [0.2, 0.25) is 0 Å². The Bertz CT molecular complexity index is 998. The predicted molar refractivity (Wildman–Crippen MR) is 111 cm³/mol. The highest BCUT2D eigenvalue weighted by molar-refractivity contribution is 9.10. The number of carboxylic acid groups (broad SMARTS) is 2. The zero-order chi connectivity index (χ0) is 20.4. The molecule has 1 fully saturated rings. The number of nitrogens with zero attached hydrogens (tertiary/aromatic N) is 1. The summed E-state index contributed by atoms with van der Waals surface area (Å²) in [5, 5.41) is 18.2. The number of thiocarbonyl (C=S) groups is 1. The van der Waals surface area contributed by atoms with E-state index in [1.54, 1.807) is 12.1 Å². The van der Waals surface area contributed by atoms with Gasteiger partial charge in [0.1, 0.15) is 21.9 Å². The fourth-order valence-corrected chi connectivity index (χ4v) is 4.13. The van der Waals surface area contributed by atoms with Crippen LogP contribution in [0.3, 0.4) is 0 Å². The molecule has 1 aromatic heterocycles. The van der Waals surface area contributed by atoms with E-state index in [1.165, 1.54) is 6.08 Å². The van der Waals surface area contributed by atoms with Crippen molar-refractivity contribution >= 4 is 68.2 Å². The molecule has 0 radical (unpaired) electrons. The maximum absolute atomic E-state index is 12.6. The van der Waals surface area contributed by atoms with Crippen LogP contribution in [0.25, 0.3) is 17.4 Å². The van der Waals surface area contributed by atoms with Crippen LogP contribution in [0.1, 0.15) is 12.2 Å². The van der Waals surface area contributed by atoms with Crippen molar-refractivity contribution in [3.63, 3.8) is 0 Å². The third-order valence-corrected chi connectivity index (χ3v) is 5.68. The first-order valence-corrected chi connectivity index (χ1v) is 9.85. The first-order chi connectivity index (χ1) is 13.3. The fourth-order valence-electron chi connectivity index (χ4n) is 2.53. The molecule has 1 aromatic carbocycles. The molecule has 1 amide bonds. The second kappa shape index (κ2) is 8.29. The SMILES string of the molecule is O=C(O)CC(C(=O)O)N1C(=O)/C(=C\c2ccc(-c3ccc(Br)cc3)o2)SC1=S. The standard InChI is InChI=1S/C18H12BrNO6S2/c19-10-3-1-9(2-4-10)13-6-5-11(26-13)7-14-16(23)20(18(27)28-14)12(17(24)25)8-15(21)22/h1-7,12H,8H2,(H,21,22)(H,24,25)/b14-7+. The topological polar surface area (TPSA) is 108 Å². The normalized spacial score (nSPS) is 16.6. The molecule has 2 aromatic rings. The van der Waals surface area contributed by atoms with E-state index in [1.807, 2.05) is 24.3 Å². The first kappa shape index (κ1) is 20.3. The first-order valence-electron chi connectivity index (χ1n) is 7.83. The molecule has 0 spiro atoms. The molecule has 1 saturated heterocycles. The molecule has 28 heavy (non-hydrogen) atoms. The fraction of sp³-hybridized carbons (Fsp3) is 0.111. The minimum absolute atomic E-state index is 0.00964. The van der Waals surface area contributed by atoms with Crippen LogP contribution in [0.4, 0.5) is 0 Å². The van der Waals surface area contributed by atoms with Gasteiger partial charge >= 0.3 is 11.9 Å². The van der Waals surface area contributed by atoms with Gasteiger partial charge in [0.15, 0.2) is 0 Å². The van der Waals surface area contributed by atoms with Crippen molar-refractivity contribution in [3.8, 4) is 11.3 Å². The van der Waals surface area contributed by atoms with Gasteiger partial charge in [-0.25, -0.2) is 4.79 Å². The van der Waals surface area contributed by atoms with Crippen LogP contribution in [-0.4, -0.2) is 43.3 Å². The molecule has 0 aliphatic carbocycles. The minimum atomic E-state index is -1.56. The van der Waals surface area contributed by atoms with Crippen molar-refractivity contribution in [2.75, 3.05) is 0 Å². The Morgan fingerprint density at radius 2 is 1.89 bits per heavy atom. The Kier molecular flexibility index (Phi) is 6.01. The van der Waals surface area contributed by atoms with Crippen molar-refractivity contribution in [2.45, 2.75) is 12.5 Å². The number of halogens is 1. The highest BCUT2D eigenvalue weighted by Gasteiger charge is 2.41. The number of carbonyl (C=O) groups is 3. The summed E-state index contributed by atoms with van der Waals surface area (Å²) in [6.07, 6.45) is 0.713. The van der Waals surface area contributed by atoms with Gasteiger partial charge in [-0.3, -0.25) is 14.5 Å². The number of carboxylic acids is 2. The Hall–Kier alpha value is -2.43. The summed E-state index contributed by atoms with van der Waals surface area (Å²) in [4.78, 5) is 35.9. The van der Waals surface area contributed by atoms with Gasteiger partial charge < -0.3 is 14.6 Å². The number of hydrogen-bond acceptors (Lipinski definition) is 6. The summed E-state index contributed by atoms with van der Waals surface area (Å²) < 4.78 is 6.66. The van der Waals surface area contributed by atoms with Crippen LogP contribution in [0, 0.1) is 0 Å². The van der Waals surface area contributed by atoms with E-state index in [0.717, 1.165) is 26.7 Å². The Labute approximate surface area is 177 Å². The van der Waals surface area contributed by atoms with Gasteiger partial charge in [0.05, 0.1) is 11.3 Å². The van der Waals surface area contributed by atoms with Crippen LogP contribution >= 0.6 is 39.9 Å². The number of furan rings is 1. The lowest BCUT2D eigenvalue weighted by Gasteiger charge is -2.21. The third kappa shape index (κ3) is 4.34. The number of thioether (sulfide) groups is 1. The number of aliphatic carboxylic acids is 2. The lowest BCUT2D eigenvalue weighted by Crippen LogP contribution is -2.45. The second-order valence-corrected chi connectivity index (χ2v) is 8.30. The predicted octanol–water partition coefficient (Wildman–Crippen LogP) is 3.84. The summed E-state index contributed by atoms with van der Waals surface area (Å²) in [6, 6.07) is 9.35. The zero-order valence-corrected chi connectivity index (χ0v) is 17.2. The van der Waals surface area contributed by atoms with E-state index in [0.29, 0.717) is 11.5 Å². The maximum atomic E-state index is 12.6. The molecule has 7 nitrogen and oxygen atoms in total. The van der Waals surface area contributed by atoms with Crippen molar-refractivity contribution in [1.29, 1.82) is 0 Å². The van der Waals surface area contributed by atoms with Gasteiger partial charge in [0.25, 0.3) is 5.91 Å². The van der Waals surface area contributed by atoms with Gasteiger partial charge in [-0.05, 0) is 24.3 Å². The van der Waals surface area contributed by atoms with Crippen LogP contribution in [0.2, 0.25) is 0 Å². The zero-order valence-electron chi connectivity index (χ0n) is 14.0. The minimum Gasteiger partial charge on any atom is -0.481 e. The molecular formula is C18H12BrNO6S2. The average molecular weight is 482 g/mol. The van der Waals surface area contributed by atoms with E-state index in [2.05, 4.69) is 15.9 Å². The molecule has 2 N–H and O–H groups in total. The van der Waals surface area contributed by atoms with Crippen LogP contribution in [0.15, 0.2) is 50.2 Å². The van der Waals surface area contributed by atoms with Gasteiger partial charge in [0, 0.05) is 16.1 Å². The van der Waals surface area contributed by atoms with E-state index in [-0.39, 0.29) is 9.23 Å². The molecule has 1 aliphatic heterocycles. The molecule has 10 heteroatoms. The maximum Gasteiger partial charge on any atom is 0.327 e. The van der Waals surface area contributed by atoms with Gasteiger partial charge in [-0.15, -0.1) is 0 Å². The summed E-state index contributed by atoms with van der Waals surface area (Å²) in [5.41, 5.74) is 0.850. The quantitative estimate of drug-likeness (QED) is 0.473. The molecule has 0 bridgehead atoms. The summed E-state index contributed by atoms with van der Waals surface area (Å²) in [7, 11) is 0. The van der Waals surface area contributed by atoms with E-state index in [4.69, 9.17) is 21.7 Å². The number of hydrogen-bond donors (Lipinski definition) is 2. The number of rotatable bonds is 6. The molecule has 3 rings (SSSR count). The monoisotopic (exact) mass is 481 g/mol. The van der Waals surface area contributed by atoms with Gasteiger partial charge in [-0.2, -0.15) is 0 Å². The molecule has 1 unspecified atom stereocenters. The number of carbonyl (C=O) groups excluding carboxylic acids is 1. The third-order valence-electron chi connectivity index (χ3n) is 3.82. The lowest BCUT2D eigenvalue weighted by atomic mass is 10.2. The van der Waals surface area contributed by atoms with Crippen molar-refractivity contribution in [3.05, 3.63) is 51.5 Å². The number of amides is 1. The Morgan fingerprint density at radius 1 is 1.21 bits per heavy atom. The van der Waals surface area contributed by atoms with Crippen LogP contribution in [-0.2, 0) is 14.4 Å². The lowest BCUT2D eigenvalue weighted by molar-refractivity contribution is -0.150. The molecule has 1 aliphatic rings. The smallest absolute Gasteiger partial charge is 0.327 e. The highest BCUT2D eigenvalue weighted by atomic mass is 79.9. The van der Waals surface area contributed by atoms with E-state index < -0.39 is 30.3 Å². The average Bonchev–Trinajstić information content (AvgIpc) is 3.19. The molecule has 2 heterocycles. The molecule has 1 atom stereocenters. The Balaban J connectivity index is 1.85. The summed E-state index contributed by atoms with van der Waals surface area (Å²) in [5.74, 6) is -2.44. The van der Waals surface area contributed by atoms with E-state index >= 15 is 0 Å². The van der Waals surface area contributed by atoms with Crippen molar-refractivity contribution in [1.82, 2.24) is 4.90 Å². The Morgan fingerprint density at radius 3 is 2.50 bits per heavy atom. The van der Waals surface area contributed by atoms with Crippen LogP contribution < -0.4 is 0 Å². The molecule has 0 saturated carbocycles. The van der Waals surface area contributed by atoms with Crippen molar-refractivity contribution in [2.24, 2.45) is 0 Å². The summed E-state index contributed by atoms with van der Waals surface area (Å²) in [6.45, 7) is 0. The number of benzene rings is 1. The van der Waals surface area contributed by atoms with Gasteiger partial charge in [-0.1, -0.05) is 52.0 Å². The second-order valence-electron chi connectivity index (χ2n) is 5.71. The molecular weight excluding hydrogens is 470 g/mol.